The molecule has 1 aliphatic heterocycles. The molecule has 184 valence electrons. The van der Waals surface area contributed by atoms with Crippen LogP contribution in [-0.2, 0) is 30.8 Å². The lowest BCUT2D eigenvalue weighted by molar-refractivity contribution is -0.139. The summed E-state index contributed by atoms with van der Waals surface area (Å²) in [4.78, 5) is 43.3. The number of carbonyl (C=O) groups excluding carboxylic acids is 2. The Hall–Kier alpha value is -3.45. The highest BCUT2D eigenvalue weighted by molar-refractivity contribution is 7.89. The number of H-pyrrole nitrogens is 1. The number of rotatable bonds is 11. The van der Waals surface area contributed by atoms with Crippen molar-refractivity contribution in [1.29, 1.82) is 0 Å². The maximum Gasteiger partial charge on any atom is 0.322 e. The van der Waals surface area contributed by atoms with E-state index in [1.54, 1.807) is 25.3 Å². The second-order valence-corrected chi connectivity index (χ2v) is 9.83. The highest BCUT2D eigenvalue weighted by atomic mass is 32.2. The Morgan fingerprint density at radius 3 is 2.74 bits per heavy atom. The van der Waals surface area contributed by atoms with Crippen LogP contribution >= 0.6 is 0 Å². The molecule has 12 nitrogen and oxygen atoms in total. The van der Waals surface area contributed by atoms with Crippen LogP contribution in [0.1, 0.15) is 32.3 Å². The van der Waals surface area contributed by atoms with E-state index in [1.807, 2.05) is 6.92 Å². The second kappa shape index (κ2) is 10.7. The van der Waals surface area contributed by atoms with E-state index in [-0.39, 0.29) is 18.1 Å². The lowest BCUT2D eigenvalue weighted by atomic mass is 10.00. The van der Waals surface area contributed by atoms with E-state index in [4.69, 9.17) is 4.74 Å². The molecule has 2 amide bonds. The van der Waals surface area contributed by atoms with E-state index >= 15 is 0 Å². The SMILES string of the molecule is CCCCS(=O)(=O)N[C@@H](Cc1ccc2c(c1)NC(=O)[C@@H](C(C)C(=O)Nc1ncc[nH]1)O2)C(=O)O. The fraction of sp³-hybridized carbons (Fsp3) is 0.429. The van der Waals surface area contributed by atoms with Crippen molar-refractivity contribution < 1.29 is 32.6 Å². The third-order valence-corrected chi connectivity index (χ3v) is 6.72. The van der Waals surface area contributed by atoms with Crippen molar-refractivity contribution in [2.75, 3.05) is 16.4 Å². The van der Waals surface area contributed by atoms with Gasteiger partial charge in [0.1, 0.15) is 11.8 Å². The van der Waals surface area contributed by atoms with Gasteiger partial charge >= 0.3 is 5.97 Å². The molecule has 0 spiro atoms. The highest BCUT2D eigenvalue weighted by Crippen LogP contribution is 2.33. The standard InChI is InChI=1S/C21H27N5O7S/c1-3-4-9-34(31,32)26-15(20(29)30)11-13-5-6-16-14(10-13)24-19(28)17(33-16)12(2)18(27)25-21-22-7-8-23-21/h5-8,10,12,15,17,26H,3-4,9,11H2,1-2H3,(H,24,28)(H,29,30)(H2,22,23,25,27)/t12?,15-,17+/m0/s1. The minimum atomic E-state index is -3.75. The van der Waals surface area contributed by atoms with Gasteiger partial charge in [-0.3, -0.25) is 19.7 Å². The third kappa shape index (κ3) is 6.32. The molecular weight excluding hydrogens is 466 g/mol. The Kier molecular flexibility index (Phi) is 7.89. The number of hydrogen-bond donors (Lipinski definition) is 5. The molecule has 34 heavy (non-hydrogen) atoms. The molecule has 13 heteroatoms. The number of carbonyl (C=O) groups is 3. The number of carboxylic acids is 1. The monoisotopic (exact) mass is 493 g/mol. The minimum Gasteiger partial charge on any atom is -0.480 e. The molecule has 2 aromatic rings. The topological polar surface area (TPSA) is 180 Å². The van der Waals surface area contributed by atoms with Crippen molar-refractivity contribution >= 4 is 39.4 Å². The van der Waals surface area contributed by atoms with Gasteiger partial charge in [-0.1, -0.05) is 19.4 Å². The number of unbranched alkanes of at least 4 members (excludes halogenated alkanes) is 1. The predicted octanol–water partition coefficient (Wildman–Crippen LogP) is 1.10. The van der Waals surface area contributed by atoms with Gasteiger partial charge in [0.25, 0.3) is 5.91 Å². The summed E-state index contributed by atoms with van der Waals surface area (Å²) in [6.45, 7) is 3.38. The van der Waals surface area contributed by atoms with E-state index in [0.717, 1.165) is 0 Å². The Morgan fingerprint density at radius 2 is 2.09 bits per heavy atom. The molecule has 0 saturated carbocycles. The highest BCUT2D eigenvalue weighted by Gasteiger charge is 2.36. The van der Waals surface area contributed by atoms with Crippen LogP contribution in [0.4, 0.5) is 11.6 Å². The summed E-state index contributed by atoms with van der Waals surface area (Å²) in [5.41, 5.74) is 0.783. The van der Waals surface area contributed by atoms with Crippen LogP contribution in [0.3, 0.4) is 0 Å². The first kappa shape index (κ1) is 25.2. The van der Waals surface area contributed by atoms with Gasteiger partial charge in [0, 0.05) is 12.4 Å². The quantitative estimate of drug-likeness (QED) is 0.309. The summed E-state index contributed by atoms with van der Waals surface area (Å²) in [6.07, 6.45) is 2.88. The van der Waals surface area contributed by atoms with Crippen LogP contribution in [-0.4, -0.2) is 59.2 Å². The molecule has 0 saturated heterocycles. The number of nitrogens with one attached hydrogen (secondary N) is 4. The maximum absolute atomic E-state index is 12.6. The maximum atomic E-state index is 12.6. The first-order valence-corrected chi connectivity index (χ1v) is 12.4. The predicted molar refractivity (Wildman–Crippen MR) is 123 cm³/mol. The van der Waals surface area contributed by atoms with Gasteiger partial charge in [-0.2, -0.15) is 0 Å². The molecular formula is C21H27N5O7S. The largest absolute Gasteiger partial charge is 0.480 e. The number of aliphatic carboxylic acids is 1. The van der Waals surface area contributed by atoms with E-state index in [0.29, 0.717) is 29.8 Å². The van der Waals surface area contributed by atoms with Crippen LogP contribution < -0.4 is 20.1 Å². The molecule has 0 aliphatic carbocycles. The minimum absolute atomic E-state index is 0.130. The average molecular weight is 494 g/mol. The smallest absolute Gasteiger partial charge is 0.322 e. The molecule has 0 radical (unpaired) electrons. The van der Waals surface area contributed by atoms with Crippen LogP contribution in [0.25, 0.3) is 0 Å². The molecule has 1 aliphatic rings. The van der Waals surface area contributed by atoms with Crippen LogP contribution in [0.15, 0.2) is 30.6 Å². The van der Waals surface area contributed by atoms with Crippen molar-refractivity contribution in [2.24, 2.45) is 5.92 Å². The summed E-state index contributed by atoms with van der Waals surface area (Å²) in [6, 6.07) is 3.28. The van der Waals surface area contributed by atoms with Crippen LogP contribution in [0.2, 0.25) is 0 Å². The summed E-state index contributed by atoms with van der Waals surface area (Å²) < 4.78 is 32.2. The van der Waals surface area contributed by atoms with E-state index in [9.17, 15) is 27.9 Å². The van der Waals surface area contributed by atoms with E-state index in [1.165, 1.54) is 12.3 Å². The van der Waals surface area contributed by atoms with Crippen molar-refractivity contribution in [2.45, 2.75) is 45.3 Å². The molecule has 0 bridgehead atoms. The Labute approximate surface area is 196 Å². The summed E-state index contributed by atoms with van der Waals surface area (Å²) in [5, 5.41) is 14.7. The average Bonchev–Trinajstić information content (AvgIpc) is 3.29. The van der Waals surface area contributed by atoms with Gasteiger partial charge in [0.05, 0.1) is 17.4 Å². The summed E-state index contributed by atoms with van der Waals surface area (Å²) in [5.74, 6) is -2.76. The lowest BCUT2D eigenvalue weighted by Crippen LogP contribution is -2.46. The van der Waals surface area contributed by atoms with Crippen molar-refractivity contribution in [3.8, 4) is 5.75 Å². The summed E-state index contributed by atoms with van der Waals surface area (Å²) in [7, 11) is -3.75. The number of fused-ring (bicyclic) bond motifs is 1. The molecule has 0 fully saturated rings. The Bertz CT molecular complexity index is 1150. The first-order chi connectivity index (χ1) is 16.1. The number of hydrogen-bond acceptors (Lipinski definition) is 7. The molecule has 1 aromatic heterocycles. The van der Waals surface area contributed by atoms with E-state index in [2.05, 4.69) is 25.3 Å². The molecule has 2 heterocycles. The number of carboxylic acid groups (broad SMARTS) is 1. The molecule has 3 atom stereocenters. The van der Waals surface area contributed by atoms with Gasteiger partial charge in [0.15, 0.2) is 6.10 Å². The number of benzene rings is 1. The molecule has 1 aromatic carbocycles. The summed E-state index contributed by atoms with van der Waals surface area (Å²) >= 11 is 0. The number of aromatic amines is 1. The van der Waals surface area contributed by atoms with Gasteiger partial charge < -0.3 is 20.1 Å². The molecule has 5 N–H and O–H groups in total. The van der Waals surface area contributed by atoms with Crippen molar-refractivity contribution in [3.63, 3.8) is 0 Å². The zero-order chi connectivity index (χ0) is 24.9. The fourth-order valence-corrected chi connectivity index (χ4v) is 4.76. The van der Waals surface area contributed by atoms with Crippen LogP contribution in [0, 0.1) is 5.92 Å². The normalized spacial score (nSPS) is 17.1. The van der Waals surface area contributed by atoms with Gasteiger partial charge in [-0.05, 0) is 37.5 Å². The second-order valence-electron chi connectivity index (χ2n) is 7.96. The fourth-order valence-electron chi connectivity index (χ4n) is 3.35. The number of aromatic nitrogens is 2. The zero-order valence-electron chi connectivity index (χ0n) is 18.7. The van der Waals surface area contributed by atoms with Crippen molar-refractivity contribution in [1.82, 2.24) is 14.7 Å². The van der Waals surface area contributed by atoms with Gasteiger partial charge in [0.2, 0.25) is 21.9 Å². The zero-order valence-corrected chi connectivity index (χ0v) is 19.5. The van der Waals surface area contributed by atoms with Crippen LogP contribution in [0.5, 0.6) is 5.75 Å². The Balaban J connectivity index is 1.69. The number of anilines is 2. The van der Waals surface area contributed by atoms with E-state index < -0.39 is 45.9 Å². The Morgan fingerprint density at radius 1 is 1.32 bits per heavy atom. The van der Waals surface area contributed by atoms with Gasteiger partial charge in [-0.15, -0.1) is 0 Å². The lowest BCUT2D eigenvalue weighted by Gasteiger charge is -2.29. The number of imidazole rings is 1. The first-order valence-electron chi connectivity index (χ1n) is 10.7. The number of nitrogens with zero attached hydrogens (tertiary/aromatic N) is 1. The van der Waals surface area contributed by atoms with Gasteiger partial charge in [-0.25, -0.2) is 18.1 Å². The third-order valence-electron chi connectivity index (χ3n) is 5.25. The molecule has 3 rings (SSSR count). The number of ether oxygens (including phenoxy) is 1. The number of amides is 2. The van der Waals surface area contributed by atoms with Crippen molar-refractivity contribution in [3.05, 3.63) is 36.2 Å². The number of sulfonamides is 1. The molecule has 1 unspecified atom stereocenters.